The summed E-state index contributed by atoms with van der Waals surface area (Å²) in [4.78, 5) is 0. The van der Waals surface area contributed by atoms with Gasteiger partial charge in [-0.05, 0) is 12.0 Å². The van der Waals surface area contributed by atoms with Crippen molar-refractivity contribution in [2.75, 3.05) is 6.54 Å². The molecule has 22 heavy (non-hydrogen) atoms. The quantitative estimate of drug-likeness (QED) is 0.755. The van der Waals surface area contributed by atoms with E-state index in [1.54, 1.807) is 13.8 Å². The second-order valence-corrected chi connectivity index (χ2v) is 5.13. The van der Waals surface area contributed by atoms with Crippen molar-refractivity contribution in [3.05, 3.63) is 29.8 Å². The molecule has 0 fully saturated rings. The highest BCUT2D eigenvalue weighted by Gasteiger charge is 2.33. The van der Waals surface area contributed by atoms with Gasteiger partial charge in [0.05, 0.1) is 6.42 Å². The van der Waals surface area contributed by atoms with Crippen LogP contribution in [0.4, 0.5) is 26.3 Å². The molecule has 0 aliphatic carbocycles. The van der Waals surface area contributed by atoms with E-state index in [4.69, 9.17) is 0 Å². The SMILES string of the molecule is CC(C)C(NCCC(F)(F)F)c1ccccc1OC(F)(F)F. The van der Waals surface area contributed by atoms with Gasteiger partial charge >= 0.3 is 12.5 Å². The van der Waals surface area contributed by atoms with Crippen molar-refractivity contribution in [1.82, 2.24) is 5.32 Å². The van der Waals surface area contributed by atoms with E-state index in [-0.39, 0.29) is 18.0 Å². The summed E-state index contributed by atoms with van der Waals surface area (Å²) in [5.41, 5.74) is 0.178. The number of hydrogen-bond donors (Lipinski definition) is 1. The third-order valence-corrected chi connectivity index (χ3v) is 2.92. The Morgan fingerprint density at radius 1 is 1.05 bits per heavy atom. The topological polar surface area (TPSA) is 21.3 Å². The van der Waals surface area contributed by atoms with E-state index in [2.05, 4.69) is 10.1 Å². The molecule has 0 aliphatic heterocycles. The Balaban J connectivity index is 2.92. The van der Waals surface area contributed by atoms with E-state index < -0.39 is 30.8 Å². The number of halogens is 6. The van der Waals surface area contributed by atoms with Crippen LogP contribution in [-0.4, -0.2) is 19.1 Å². The minimum absolute atomic E-state index is 0.178. The van der Waals surface area contributed by atoms with E-state index in [1.165, 1.54) is 18.2 Å². The fourth-order valence-corrected chi connectivity index (χ4v) is 2.03. The van der Waals surface area contributed by atoms with E-state index in [9.17, 15) is 26.3 Å². The fraction of sp³-hybridized carbons (Fsp3) is 0.571. The molecule has 1 rings (SSSR count). The third kappa shape index (κ3) is 6.55. The van der Waals surface area contributed by atoms with Gasteiger partial charge in [-0.1, -0.05) is 32.0 Å². The van der Waals surface area contributed by atoms with E-state index in [0.717, 1.165) is 6.07 Å². The largest absolute Gasteiger partial charge is 0.573 e. The van der Waals surface area contributed by atoms with Gasteiger partial charge in [-0.2, -0.15) is 13.2 Å². The first-order valence-electron chi connectivity index (χ1n) is 6.64. The molecule has 0 saturated heterocycles. The van der Waals surface area contributed by atoms with Gasteiger partial charge in [0, 0.05) is 18.2 Å². The second-order valence-electron chi connectivity index (χ2n) is 5.13. The predicted octanol–water partition coefficient (Wildman–Crippen LogP) is 4.82. The summed E-state index contributed by atoms with van der Waals surface area (Å²) in [7, 11) is 0. The molecular formula is C14H17F6NO. The zero-order chi connectivity index (χ0) is 17.0. The van der Waals surface area contributed by atoms with Crippen LogP contribution >= 0.6 is 0 Å². The lowest BCUT2D eigenvalue weighted by atomic mass is 9.95. The Labute approximate surface area is 124 Å². The summed E-state index contributed by atoms with van der Waals surface area (Å²) >= 11 is 0. The fourth-order valence-electron chi connectivity index (χ4n) is 2.03. The average Bonchev–Trinajstić information content (AvgIpc) is 2.32. The Morgan fingerprint density at radius 2 is 1.64 bits per heavy atom. The zero-order valence-corrected chi connectivity index (χ0v) is 12.1. The lowest BCUT2D eigenvalue weighted by Gasteiger charge is -2.25. The molecule has 0 radical (unpaired) electrons. The molecule has 1 atom stereocenters. The Morgan fingerprint density at radius 3 is 2.14 bits per heavy atom. The lowest BCUT2D eigenvalue weighted by molar-refractivity contribution is -0.275. The number of para-hydroxylation sites is 1. The van der Waals surface area contributed by atoms with Gasteiger partial charge < -0.3 is 10.1 Å². The molecule has 0 aromatic heterocycles. The van der Waals surface area contributed by atoms with Crippen molar-refractivity contribution >= 4 is 0 Å². The molecule has 0 bridgehead atoms. The molecule has 0 heterocycles. The van der Waals surface area contributed by atoms with E-state index >= 15 is 0 Å². The number of benzene rings is 1. The average molecular weight is 329 g/mol. The van der Waals surface area contributed by atoms with Crippen LogP contribution in [0.1, 0.15) is 31.9 Å². The van der Waals surface area contributed by atoms with Crippen LogP contribution in [0.2, 0.25) is 0 Å². The highest BCUT2D eigenvalue weighted by Crippen LogP contribution is 2.33. The first kappa shape index (κ1) is 18.6. The molecule has 1 aromatic rings. The molecule has 8 heteroatoms. The maximum atomic E-state index is 12.4. The first-order chi connectivity index (χ1) is 9.99. The van der Waals surface area contributed by atoms with Crippen LogP contribution in [0, 0.1) is 5.92 Å². The van der Waals surface area contributed by atoms with Gasteiger partial charge in [0.25, 0.3) is 0 Å². The van der Waals surface area contributed by atoms with Crippen LogP contribution in [0.25, 0.3) is 0 Å². The molecule has 1 N–H and O–H groups in total. The zero-order valence-electron chi connectivity index (χ0n) is 12.1. The van der Waals surface area contributed by atoms with Crippen LogP contribution < -0.4 is 10.1 Å². The van der Waals surface area contributed by atoms with Crippen molar-refractivity contribution in [3.63, 3.8) is 0 Å². The van der Waals surface area contributed by atoms with Gasteiger partial charge in [0.15, 0.2) is 0 Å². The van der Waals surface area contributed by atoms with Crippen molar-refractivity contribution < 1.29 is 31.1 Å². The van der Waals surface area contributed by atoms with Crippen LogP contribution in [-0.2, 0) is 0 Å². The van der Waals surface area contributed by atoms with E-state index in [0.29, 0.717) is 0 Å². The van der Waals surface area contributed by atoms with Gasteiger partial charge in [-0.3, -0.25) is 0 Å². The monoisotopic (exact) mass is 329 g/mol. The lowest BCUT2D eigenvalue weighted by Crippen LogP contribution is -2.30. The smallest absolute Gasteiger partial charge is 0.405 e. The maximum absolute atomic E-state index is 12.4. The van der Waals surface area contributed by atoms with Gasteiger partial charge in [0.1, 0.15) is 5.75 Å². The maximum Gasteiger partial charge on any atom is 0.573 e. The summed E-state index contributed by atoms with van der Waals surface area (Å²) < 4.78 is 77.8. The number of rotatable bonds is 6. The molecule has 126 valence electrons. The summed E-state index contributed by atoms with van der Waals surface area (Å²) in [6.07, 6.45) is -10.2. The molecule has 0 amide bonds. The summed E-state index contributed by atoms with van der Waals surface area (Å²) in [6.45, 7) is 3.03. The van der Waals surface area contributed by atoms with Crippen molar-refractivity contribution in [2.45, 2.75) is 38.8 Å². The number of alkyl halides is 6. The summed E-state index contributed by atoms with van der Waals surface area (Å²) in [5.74, 6) is -0.626. The molecule has 0 aliphatic rings. The Bertz CT molecular complexity index is 469. The molecular weight excluding hydrogens is 312 g/mol. The van der Waals surface area contributed by atoms with Crippen LogP contribution in [0.3, 0.4) is 0 Å². The Kier molecular flexibility index (Phi) is 6.10. The normalized spacial score (nSPS) is 14.2. The van der Waals surface area contributed by atoms with Crippen LogP contribution in [0.5, 0.6) is 5.75 Å². The van der Waals surface area contributed by atoms with E-state index in [1.807, 2.05) is 0 Å². The third-order valence-electron chi connectivity index (χ3n) is 2.92. The Hall–Kier alpha value is -1.44. The van der Waals surface area contributed by atoms with Gasteiger partial charge in [-0.25, -0.2) is 0 Å². The van der Waals surface area contributed by atoms with Crippen LogP contribution in [0.15, 0.2) is 24.3 Å². The molecule has 2 nitrogen and oxygen atoms in total. The number of hydrogen-bond acceptors (Lipinski definition) is 2. The predicted molar refractivity (Wildman–Crippen MR) is 69.4 cm³/mol. The van der Waals surface area contributed by atoms with Crippen molar-refractivity contribution in [2.24, 2.45) is 5.92 Å². The molecule has 0 saturated carbocycles. The standard InChI is InChI=1S/C14H17F6NO/c1-9(2)12(21-8-7-13(15,16)17)10-5-3-4-6-11(10)22-14(18,19)20/h3-6,9,12,21H,7-8H2,1-2H3. The molecule has 0 spiro atoms. The number of ether oxygens (including phenoxy) is 1. The second kappa shape index (κ2) is 7.21. The summed E-state index contributed by atoms with van der Waals surface area (Å²) in [5, 5.41) is 2.65. The minimum atomic E-state index is -4.86. The highest BCUT2D eigenvalue weighted by molar-refractivity contribution is 5.36. The summed E-state index contributed by atoms with van der Waals surface area (Å²) in [6, 6.07) is 4.76. The highest BCUT2D eigenvalue weighted by atomic mass is 19.4. The molecule has 1 unspecified atom stereocenters. The van der Waals surface area contributed by atoms with Gasteiger partial charge in [0.2, 0.25) is 0 Å². The minimum Gasteiger partial charge on any atom is -0.405 e. The van der Waals surface area contributed by atoms with Crippen molar-refractivity contribution in [3.8, 4) is 5.75 Å². The van der Waals surface area contributed by atoms with Gasteiger partial charge in [-0.15, -0.1) is 13.2 Å². The van der Waals surface area contributed by atoms with Crippen molar-refractivity contribution in [1.29, 1.82) is 0 Å². The molecule has 1 aromatic carbocycles. The number of nitrogens with one attached hydrogen (secondary N) is 1. The first-order valence-corrected chi connectivity index (χ1v) is 6.64.